The second kappa shape index (κ2) is 7.04. The van der Waals surface area contributed by atoms with Crippen LogP contribution >= 0.6 is 0 Å². The number of carbonyl (C=O) groups is 3. The molecule has 6 heteroatoms. The smallest absolute Gasteiger partial charge is 0.240 e. The zero-order chi connectivity index (χ0) is 22.9. The molecule has 33 heavy (non-hydrogen) atoms. The van der Waals surface area contributed by atoms with Crippen LogP contribution in [-0.2, 0) is 9.59 Å². The quantitative estimate of drug-likeness (QED) is 0.451. The number of nitrogens with zero attached hydrogens (tertiary/aromatic N) is 2. The van der Waals surface area contributed by atoms with E-state index in [9.17, 15) is 14.4 Å². The summed E-state index contributed by atoms with van der Waals surface area (Å²) in [6.45, 7) is 3.87. The third-order valence-corrected chi connectivity index (χ3v) is 7.09. The molecular weight excluding hydrogens is 416 g/mol. The Bertz CT molecular complexity index is 1340. The molecular formula is C27H22N2O4. The van der Waals surface area contributed by atoms with Crippen LogP contribution in [0.15, 0.2) is 71.5 Å². The Hall–Kier alpha value is -3.93. The number of amides is 2. The normalized spacial score (nSPS) is 25.3. The SMILES string of the molecule is Cc1ccc(N2C(=O)[C@@H]3[C@H](C2=O)[C@@H]2c4ccccc4C=CN2[C@H]3C(=O)c2ccco2)c(C)c1. The molecule has 2 saturated heterocycles. The Labute approximate surface area is 191 Å². The fraction of sp³-hybridized carbons (Fsp3) is 0.222. The van der Waals surface area contributed by atoms with Gasteiger partial charge in [0.25, 0.3) is 0 Å². The number of hydrogen-bond donors (Lipinski definition) is 0. The monoisotopic (exact) mass is 438 g/mol. The Kier molecular flexibility index (Phi) is 4.21. The molecule has 6 nitrogen and oxygen atoms in total. The Morgan fingerprint density at radius 3 is 2.48 bits per heavy atom. The largest absolute Gasteiger partial charge is 0.461 e. The van der Waals surface area contributed by atoms with E-state index in [1.165, 1.54) is 11.2 Å². The van der Waals surface area contributed by atoms with Gasteiger partial charge in [0.2, 0.25) is 17.6 Å². The molecule has 1 aromatic heterocycles. The minimum atomic E-state index is -0.817. The minimum absolute atomic E-state index is 0.192. The van der Waals surface area contributed by atoms with Crippen molar-refractivity contribution in [2.24, 2.45) is 11.8 Å². The second-order valence-corrected chi connectivity index (χ2v) is 8.98. The summed E-state index contributed by atoms with van der Waals surface area (Å²) in [7, 11) is 0. The zero-order valence-electron chi connectivity index (χ0n) is 18.3. The third kappa shape index (κ3) is 2.70. The Balaban J connectivity index is 1.51. The van der Waals surface area contributed by atoms with Gasteiger partial charge in [-0.25, -0.2) is 4.90 Å². The van der Waals surface area contributed by atoms with Crippen LogP contribution in [0.5, 0.6) is 0 Å². The number of aryl methyl sites for hydroxylation is 2. The number of rotatable bonds is 3. The van der Waals surface area contributed by atoms with Crippen molar-refractivity contribution in [2.45, 2.75) is 25.9 Å². The molecule has 2 aromatic carbocycles. The van der Waals surface area contributed by atoms with Crippen molar-refractivity contribution in [1.82, 2.24) is 4.90 Å². The molecule has 3 aliphatic rings. The first-order valence-electron chi connectivity index (χ1n) is 11.0. The highest BCUT2D eigenvalue weighted by Crippen LogP contribution is 2.53. The summed E-state index contributed by atoms with van der Waals surface area (Å²) in [6, 6.07) is 15.6. The van der Waals surface area contributed by atoms with Crippen molar-refractivity contribution in [3.8, 4) is 0 Å². The van der Waals surface area contributed by atoms with E-state index >= 15 is 0 Å². The Morgan fingerprint density at radius 2 is 1.73 bits per heavy atom. The third-order valence-electron chi connectivity index (χ3n) is 7.09. The van der Waals surface area contributed by atoms with Gasteiger partial charge in [-0.05, 0) is 54.8 Å². The summed E-state index contributed by atoms with van der Waals surface area (Å²) >= 11 is 0. The van der Waals surface area contributed by atoms with Crippen LogP contribution < -0.4 is 4.90 Å². The molecule has 3 aromatic rings. The van der Waals surface area contributed by atoms with Crippen LogP contribution in [0, 0.1) is 25.7 Å². The molecule has 0 saturated carbocycles. The van der Waals surface area contributed by atoms with E-state index in [1.807, 2.05) is 73.5 Å². The summed E-state index contributed by atoms with van der Waals surface area (Å²) in [4.78, 5) is 44.5. The lowest BCUT2D eigenvalue weighted by molar-refractivity contribution is -0.123. The molecule has 2 fully saturated rings. The van der Waals surface area contributed by atoms with Crippen molar-refractivity contribution >= 4 is 29.4 Å². The van der Waals surface area contributed by atoms with E-state index in [-0.39, 0.29) is 23.4 Å². The van der Waals surface area contributed by atoms with E-state index in [4.69, 9.17) is 4.42 Å². The molecule has 2 amide bonds. The van der Waals surface area contributed by atoms with Crippen LogP contribution in [0.4, 0.5) is 5.69 Å². The molecule has 0 N–H and O–H groups in total. The van der Waals surface area contributed by atoms with Crippen LogP contribution in [0.25, 0.3) is 6.08 Å². The number of ketones is 1. The molecule has 6 rings (SSSR count). The summed E-state index contributed by atoms with van der Waals surface area (Å²) in [6.07, 6.45) is 5.23. The highest BCUT2D eigenvalue weighted by molar-refractivity contribution is 6.24. The van der Waals surface area contributed by atoms with Gasteiger partial charge in [-0.3, -0.25) is 14.4 Å². The standard InChI is InChI=1S/C27H22N2O4/c1-15-9-10-19(16(2)14-15)29-26(31)21-22(27(29)32)24(25(30)20-8-5-13-33-20)28-12-11-17-6-3-4-7-18(17)23(21)28/h3-14,21-24H,1-2H3/t21-,22+,23-,24+/m0/s1. The van der Waals surface area contributed by atoms with Gasteiger partial charge in [-0.2, -0.15) is 0 Å². The average molecular weight is 438 g/mol. The molecule has 4 heterocycles. The maximum Gasteiger partial charge on any atom is 0.240 e. The van der Waals surface area contributed by atoms with E-state index < -0.39 is 23.9 Å². The number of carbonyl (C=O) groups excluding carboxylic acids is 3. The lowest BCUT2D eigenvalue weighted by Gasteiger charge is -2.35. The highest BCUT2D eigenvalue weighted by Gasteiger charge is 2.64. The molecule has 0 radical (unpaired) electrons. The molecule has 0 spiro atoms. The zero-order valence-corrected chi connectivity index (χ0v) is 18.3. The summed E-state index contributed by atoms with van der Waals surface area (Å²) < 4.78 is 5.40. The van der Waals surface area contributed by atoms with Gasteiger partial charge in [-0.15, -0.1) is 0 Å². The molecule has 0 bridgehead atoms. The Morgan fingerprint density at radius 1 is 0.939 bits per heavy atom. The minimum Gasteiger partial charge on any atom is -0.461 e. The van der Waals surface area contributed by atoms with Gasteiger partial charge in [0.15, 0.2) is 5.76 Å². The molecule has 3 aliphatic heterocycles. The number of hydrogen-bond acceptors (Lipinski definition) is 5. The van der Waals surface area contributed by atoms with Gasteiger partial charge in [0.1, 0.15) is 6.04 Å². The maximum atomic E-state index is 13.9. The number of fused-ring (bicyclic) bond motifs is 5. The van der Waals surface area contributed by atoms with Crippen molar-refractivity contribution in [1.29, 1.82) is 0 Å². The van der Waals surface area contributed by atoms with E-state index in [0.29, 0.717) is 5.69 Å². The predicted octanol–water partition coefficient (Wildman–Crippen LogP) is 4.29. The maximum absolute atomic E-state index is 13.9. The van der Waals surface area contributed by atoms with E-state index in [1.54, 1.807) is 12.1 Å². The number of anilines is 1. The van der Waals surface area contributed by atoms with Gasteiger partial charge >= 0.3 is 0 Å². The van der Waals surface area contributed by atoms with Crippen LogP contribution in [0.1, 0.15) is 38.9 Å². The van der Waals surface area contributed by atoms with Crippen molar-refractivity contribution < 1.29 is 18.8 Å². The van der Waals surface area contributed by atoms with Crippen LogP contribution in [0.2, 0.25) is 0 Å². The van der Waals surface area contributed by atoms with E-state index in [2.05, 4.69) is 0 Å². The van der Waals surface area contributed by atoms with Crippen molar-refractivity contribution in [2.75, 3.05) is 4.90 Å². The summed E-state index contributed by atoms with van der Waals surface area (Å²) in [5, 5.41) is 0. The number of imide groups is 1. The summed E-state index contributed by atoms with van der Waals surface area (Å²) in [5.41, 5.74) is 4.44. The first-order chi connectivity index (χ1) is 16.0. The van der Waals surface area contributed by atoms with Crippen LogP contribution in [-0.4, -0.2) is 28.5 Å². The number of Topliss-reactive ketones (excluding diaryl/α,β-unsaturated/α-hetero) is 1. The lowest BCUT2D eigenvalue weighted by Crippen LogP contribution is -2.44. The number of benzene rings is 2. The topological polar surface area (TPSA) is 70.8 Å². The van der Waals surface area contributed by atoms with E-state index in [0.717, 1.165) is 22.3 Å². The van der Waals surface area contributed by atoms with Crippen molar-refractivity contribution in [3.63, 3.8) is 0 Å². The van der Waals surface area contributed by atoms with Crippen molar-refractivity contribution in [3.05, 3.63) is 95.1 Å². The molecule has 164 valence electrons. The average Bonchev–Trinajstić information content (AvgIpc) is 3.51. The highest BCUT2D eigenvalue weighted by atomic mass is 16.3. The van der Waals surface area contributed by atoms with Gasteiger partial charge in [0, 0.05) is 6.20 Å². The molecule has 4 atom stereocenters. The van der Waals surface area contributed by atoms with Gasteiger partial charge < -0.3 is 9.32 Å². The molecule has 0 aliphatic carbocycles. The van der Waals surface area contributed by atoms with Gasteiger partial charge in [0.05, 0.1) is 29.8 Å². The lowest BCUT2D eigenvalue weighted by atomic mass is 9.84. The number of furan rings is 1. The molecule has 0 unspecified atom stereocenters. The fourth-order valence-corrected chi connectivity index (χ4v) is 5.72. The van der Waals surface area contributed by atoms with Crippen LogP contribution in [0.3, 0.4) is 0 Å². The fourth-order valence-electron chi connectivity index (χ4n) is 5.72. The first kappa shape index (κ1) is 19.7. The predicted molar refractivity (Wildman–Crippen MR) is 122 cm³/mol. The van der Waals surface area contributed by atoms with Gasteiger partial charge in [-0.1, -0.05) is 42.0 Å². The second-order valence-electron chi connectivity index (χ2n) is 8.98. The summed E-state index contributed by atoms with van der Waals surface area (Å²) in [5.74, 6) is -2.14. The first-order valence-corrected chi connectivity index (χ1v) is 11.0.